The zero-order valence-electron chi connectivity index (χ0n) is 20.8. The molecule has 0 bridgehead atoms. The number of esters is 1. The average Bonchev–Trinajstić information content (AvgIpc) is 3.30. The highest BCUT2D eigenvalue weighted by atomic mass is 16.7. The number of methoxy groups -OCH3 is 3. The minimum Gasteiger partial charge on any atom is -0.504 e. The normalized spacial score (nSPS) is 19.3. The van der Waals surface area contributed by atoms with Crippen molar-refractivity contribution in [1.29, 1.82) is 0 Å². The number of hydrogen-bond donors (Lipinski definition) is 2. The number of aromatic hydroxyl groups is 2. The van der Waals surface area contributed by atoms with Gasteiger partial charge < -0.3 is 38.3 Å². The summed E-state index contributed by atoms with van der Waals surface area (Å²) in [5.41, 5.74) is -0.661. The molecule has 1 aromatic heterocycles. The molecule has 3 aromatic rings. The van der Waals surface area contributed by atoms with E-state index in [0.717, 1.165) is 7.11 Å². The van der Waals surface area contributed by atoms with Crippen molar-refractivity contribution in [3.63, 3.8) is 0 Å². The number of Topliss-reactive ketones (excluding diaryl/α,β-unsaturated/α-hetero) is 2. The Balaban J connectivity index is 1.45. The highest BCUT2D eigenvalue weighted by molar-refractivity contribution is 6.53. The molecule has 1 atom stereocenters. The van der Waals surface area contributed by atoms with Crippen LogP contribution >= 0.6 is 0 Å². The number of rotatable bonds is 3. The van der Waals surface area contributed by atoms with E-state index in [-0.39, 0.29) is 75.5 Å². The van der Waals surface area contributed by atoms with Gasteiger partial charge in [-0.2, -0.15) is 0 Å². The number of hydrogen-bond acceptors (Lipinski definition) is 12. The average molecular weight is 536 g/mol. The first kappa shape index (κ1) is 24.3. The molecule has 2 aromatic carbocycles. The van der Waals surface area contributed by atoms with Crippen LogP contribution < -0.4 is 19.8 Å². The maximum atomic E-state index is 13.1. The standard InChI is InChI=1S/C27H20O12/c1-34-13-8-14(35-2)20(29)18-17(13)24-12(19(28)21(18)30)9-27(39-24)5-4-10-6-11-7-15(25(32)36-3)37-26(33)16(11)22(31)23(10)38-27/h6-8,29,31H,4-5,9H2,1-3H3. The third-order valence-corrected chi connectivity index (χ3v) is 7.12. The number of ketones is 2. The fourth-order valence-electron chi connectivity index (χ4n) is 5.29. The Kier molecular flexibility index (Phi) is 5.15. The first-order valence-electron chi connectivity index (χ1n) is 11.7. The van der Waals surface area contributed by atoms with Crippen molar-refractivity contribution in [3.8, 4) is 28.7 Å². The van der Waals surface area contributed by atoms with Crippen molar-refractivity contribution in [2.75, 3.05) is 21.3 Å². The highest BCUT2D eigenvalue weighted by Gasteiger charge is 2.53. The lowest BCUT2D eigenvalue weighted by Gasteiger charge is -2.35. The Labute approximate surface area is 218 Å². The third-order valence-electron chi connectivity index (χ3n) is 7.12. The zero-order chi connectivity index (χ0) is 27.8. The number of ether oxygens (including phenoxy) is 5. The van der Waals surface area contributed by atoms with Crippen LogP contribution in [0.25, 0.3) is 16.5 Å². The minimum absolute atomic E-state index is 0.00960. The number of phenols is 2. The molecule has 0 fully saturated rings. The Morgan fingerprint density at radius 1 is 0.923 bits per heavy atom. The Bertz CT molecular complexity index is 1740. The van der Waals surface area contributed by atoms with Crippen LogP contribution in [0.2, 0.25) is 0 Å². The van der Waals surface area contributed by atoms with Crippen molar-refractivity contribution in [2.24, 2.45) is 0 Å². The second-order valence-corrected chi connectivity index (χ2v) is 9.20. The van der Waals surface area contributed by atoms with Crippen LogP contribution in [0.15, 0.2) is 33.0 Å². The van der Waals surface area contributed by atoms with Gasteiger partial charge in [0.2, 0.25) is 17.3 Å². The van der Waals surface area contributed by atoms with Crippen LogP contribution in [0.3, 0.4) is 0 Å². The minimum atomic E-state index is -1.51. The predicted molar refractivity (Wildman–Crippen MR) is 130 cm³/mol. The van der Waals surface area contributed by atoms with Crippen LogP contribution in [-0.4, -0.2) is 54.9 Å². The molecule has 200 valence electrons. The SMILES string of the molecule is COC(=O)c1cc2cc3c(c(O)c2c(=O)o1)OC1(CC3)CC2=C(O1)c1c(OC)cc(OC)c(O)c1C(=O)C2=O. The van der Waals surface area contributed by atoms with E-state index < -0.39 is 40.4 Å². The smallest absolute Gasteiger partial charge is 0.374 e. The summed E-state index contributed by atoms with van der Waals surface area (Å²) in [5.74, 6) is -5.55. The zero-order valence-corrected chi connectivity index (χ0v) is 20.8. The predicted octanol–water partition coefficient (Wildman–Crippen LogP) is 2.63. The molecule has 0 saturated carbocycles. The van der Waals surface area contributed by atoms with E-state index in [0.29, 0.717) is 5.56 Å². The molecule has 6 rings (SSSR count). The molecule has 3 aliphatic rings. The van der Waals surface area contributed by atoms with E-state index in [2.05, 4.69) is 4.74 Å². The van der Waals surface area contributed by atoms with Crippen molar-refractivity contribution < 1.29 is 52.7 Å². The monoisotopic (exact) mass is 536 g/mol. The molecule has 1 unspecified atom stereocenters. The van der Waals surface area contributed by atoms with Gasteiger partial charge >= 0.3 is 11.6 Å². The number of phenolic OH excluding ortho intramolecular Hbond substituents is 2. The van der Waals surface area contributed by atoms with E-state index in [9.17, 15) is 29.4 Å². The van der Waals surface area contributed by atoms with Crippen molar-refractivity contribution in [1.82, 2.24) is 0 Å². The molecule has 2 N–H and O–H groups in total. The summed E-state index contributed by atoms with van der Waals surface area (Å²) in [6.07, 6.45) is 0.340. The molecule has 0 amide bonds. The molecular weight excluding hydrogens is 516 g/mol. The summed E-state index contributed by atoms with van der Waals surface area (Å²) < 4.78 is 32.5. The Morgan fingerprint density at radius 3 is 2.36 bits per heavy atom. The summed E-state index contributed by atoms with van der Waals surface area (Å²) >= 11 is 0. The number of aryl methyl sites for hydroxylation is 1. The maximum absolute atomic E-state index is 13.1. The molecule has 1 spiro atoms. The molecule has 12 nitrogen and oxygen atoms in total. The van der Waals surface area contributed by atoms with Gasteiger partial charge in [-0.1, -0.05) is 0 Å². The Morgan fingerprint density at radius 2 is 1.67 bits per heavy atom. The Hall–Kier alpha value is -5.00. The van der Waals surface area contributed by atoms with Crippen LogP contribution in [0.5, 0.6) is 28.7 Å². The topological polar surface area (TPSA) is 168 Å². The lowest BCUT2D eigenvalue weighted by atomic mass is 9.85. The van der Waals surface area contributed by atoms with Gasteiger partial charge in [-0.15, -0.1) is 0 Å². The highest BCUT2D eigenvalue weighted by Crippen LogP contribution is 2.55. The second-order valence-electron chi connectivity index (χ2n) is 9.20. The summed E-state index contributed by atoms with van der Waals surface area (Å²) in [4.78, 5) is 50.7. The van der Waals surface area contributed by atoms with Gasteiger partial charge in [-0.05, 0) is 29.5 Å². The van der Waals surface area contributed by atoms with Gasteiger partial charge in [-0.25, -0.2) is 9.59 Å². The van der Waals surface area contributed by atoms with Gasteiger partial charge in [0, 0.05) is 12.5 Å². The van der Waals surface area contributed by atoms with E-state index in [1.165, 1.54) is 26.4 Å². The maximum Gasteiger partial charge on any atom is 0.374 e. The molecule has 0 radical (unpaired) electrons. The van der Waals surface area contributed by atoms with Gasteiger partial charge in [-0.3, -0.25) is 9.59 Å². The quantitative estimate of drug-likeness (QED) is 0.371. The lowest BCUT2D eigenvalue weighted by molar-refractivity contribution is -0.134. The molecule has 39 heavy (non-hydrogen) atoms. The number of carbonyl (C=O) groups excluding carboxylic acids is 3. The van der Waals surface area contributed by atoms with Crippen molar-refractivity contribution in [3.05, 3.63) is 56.6 Å². The van der Waals surface area contributed by atoms with Crippen molar-refractivity contribution in [2.45, 2.75) is 25.0 Å². The number of carbonyl (C=O) groups is 3. The fraction of sp³-hybridized carbons (Fsp3) is 0.259. The molecule has 2 aliphatic heterocycles. The second kappa shape index (κ2) is 8.25. The first-order valence-corrected chi connectivity index (χ1v) is 11.7. The summed E-state index contributed by atoms with van der Waals surface area (Å²) in [6.45, 7) is 0. The van der Waals surface area contributed by atoms with Crippen LogP contribution in [0.1, 0.15) is 44.9 Å². The van der Waals surface area contributed by atoms with Crippen molar-refractivity contribution >= 4 is 34.1 Å². The van der Waals surface area contributed by atoms with E-state index in [1.807, 2.05) is 0 Å². The lowest BCUT2D eigenvalue weighted by Crippen LogP contribution is -2.39. The molecule has 12 heteroatoms. The number of benzene rings is 2. The van der Waals surface area contributed by atoms with Crippen LogP contribution in [-0.2, 0) is 20.7 Å². The van der Waals surface area contributed by atoms with Gasteiger partial charge in [0.05, 0.1) is 44.5 Å². The van der Waals surface area contributed by atoms with E-state index in [1.54, 1.807) is 6.07 Å². The van der Waals surface area contributed by atoms with Gasteiger partial charge in [0.15, 0.2) is 23.0 Å². The van der Waals surface area contributed by atoms with E-state index >= 15 is 0 Å². The van der Waals surface area contributed by atoms with Gasteiger partial charge in [0.1, 0.15) is 16.9 Å². The third kappa shape index (κ3) is 3.30. The molecule has 1 aliphatic carbocycles. The number of fused-ring (bicyclic) bond motifs is 4. The molecular formula is C27H20O12. The van der Waals surface area contributed by atoms with Crippen LogP contribution in [0.4, 0.5) is 0 Å². The largest absolute Gasteiger partial charge is 0.504 e. The summed E-state index contributed by atoms with van der Waals surface area (Å²) in [7, 11) is 3.79. The fourth-order valence-corrected chi connectivity index (χ4v) is 5.29. The molecule has 0 saturated heterocycles. The first-order chi connectivity index (χ1) is 18.6. The summed E-state index contributed by atoms with van der Waals surface area (Å²) in [5, 5.41) is 21.7. The van der Waals surface area contributed by atoms with E-state index in [4.69, 9.17) is 23.4 Å². The van der Waals surface area contributed by atoms with Crippen LogP contribution in [0, 0.1) is 0 Å². The summed E-state index contributed by atoms with van der Waals surface area (Å²) in [6, 6.07) is 4.24. The molecule has 3 heterocycles. The van der Waals surface area contributed by atoms with Gasteiger partial charge in [0.25, 0.3) is 5.79 Å².